The van der Waals surface area contributed by atoms with Gasteiger partial charge in [-0.1, -0.05) is 182 Å². The van der Waals surface area contributed by atoms with E-state index in [1.807, 2.05) is 0 Å². The number of hydrogen-bond acceptors (Lipinski definition) is 2. The molecule has 0 atom stereocenters. The predicted octanol–water partition coefficient (Wildman–Crippen LogP) is 18.2. The first-order valence-corrected chi connectivity index (χ1v) is 27.0. The highest BCUT2D eigenvalue weighted by Gasteiger charge is 2.44. The smallest absolute Gasteiger partial charge is 0.0688 e. The SMILES string of the molecule is CC(C)(c1c(-c2ccccc2N)c(-n2c3ccccc3c3ccccc32)c(C(C)(C)n2c3ccccc3c3ccccc32)c(-n2c3ccccc3c3ccccc32)c1-c1ccccc1N)n1c2ccccc2c2ccccc21. The van der Waals surface area contributed by atoms with Crippen LogP contribution >= 0.6 is 0 Å². The van der Waals surface area contributed by atoms with Gasteiger partial charge < -0.3 is 29.7 Å². The van der Waals surface area contributed by atoms with E-state index in [2.05, 4.69) is 289 Å². The Morgan fingerprint density at radius 3 is 0.756 bits per heavy atom. The Balaban J connectivity index is 1.32. The third-order valence-corrected chi connectivity index (χ3v) is 17.0. The topological polar surface area (TPSA) is 71.8 Å². The molecule has 4 aromatic heterocycles. The molecule has 6 nitrogen and oxygen atoms in total. The van der Waals surface area contributed by atoms with Gasteiger partial charge in [-0.2, -0.15) is 0 Å². The van der Waals surface area contributed by atoms with Gasteiger partial charge in [-0.15, -0.1) is 0 Å². The molecule has 78 heavy (non-hydrogen) atoms. The van der Waals surface area contributed by atoms with Gasteiger partial charge in [-0.3, -0.25) is 0 Å². The van der Waals surface area contributed by atoms with Crippen LogP contribution in [0.2, 0.25) is 0 Å². The number of nitrogen functional groups attached to an aromatic ring is 2. The Labute approximate surface area is 452 Å². The standard InChI is InChI=1S/C72H56N6/c1-71(2,77-61-41-21-11-29-49(61)50-30-12-22-42-62(50)77)67-65(53-33-5-15-35-55(53)73)69(75-57-37-17-7-25-45(57)46-26-8-18-38-58(46)75)68(72(3,4)78-63-43-23-13-31-51(63)52-32-14-24-44-64(52)78)70(66(67)54-34-6-16-36-56(54)74)76-59-39-19-9-27-47(59)48-28-10-20-40-60(48)76/h5-44H,73-74H2,1-4H3. The normalized spacial score (nSPS) is 12.5. The van der Waals surface area contributed by atoms with Crippen LogP contribution in [0.4, 0.5) is 11.4 Å². The summed E-state index contributed by atoms with van der Waals surface area (Å²) >= 11 is 0. The van der Waals surface area contributed by atoms with Crippen LogP contribution in [-0.2, 0) is 11.1 Å². The molecule has 4 heterocycles. The van der Waals surface area contributed by atoms with Crippen LogP contribution < -0.4 is 11.5 Å². The van der Waals surface area contributed by atoms with Crippen molar-refractivity contribution in [3.63, 3.8) is 0 Å². The van der Waals surface area contributed by atoms with Crippen molar-refractivity contribution >= 4 is 98.6 Å². The fraction of sp³-hybridized carbons (Fsp3) is 0.0833. The molecule has 0 saturated heterocycles. The van der Waals surface area contributed by atoms with Crippen LogP contribution in [-0.4, -0.2) is 18.3 Å². The van der Waals surface area contributed by atoms with Gasteiger partial charge in [-0.25, -0.2) is 0 Å². The summed E-state index contributed by atoms with van der Waals surface area (Å²) in [5.74, 6) is 0. The quantitative estimate of drug-likeness (QED) is 0.149. The molecule has 0 fully saturated rings. The van der Waals surface area contributed by atoms with Crippen molar-refractivity contribution in [3.05, 3.63) is 254 Å². The summed E-state index contributed by atoms with van der Waals surface area (Å²) in [6.07, 6.45) is 0. The average molecular weight is 1010 g/mol. The average Bonchev–Trinajstić information content (AvgIpc) is 4.12. The van der Waals surface area contributed by atoms with Crippen LogP contribution in [0.1, 0.15) is 38.8 Å². The van der Waals surface area contributed by atoms with Crippen LogP contribution in [0.3, 0.4) is 0 Å². The van der Waals surface area contributed by atoms with Crippen LogP contribution in [0.15, 0.2) is 243 Å². The van der Waals surface area contributed by atoms with Crippen molar-refractivity contribution < 1.29 is 0 Å². The zero-order valence-corrected chi connectivity index (χ0v) is 44.0. The maximum atomic E-state index is 7.66. The molecule has 374 valence electrons. The van der Waals surface area contributed by atoms with Gasteiger partial charge in [0.25, 0.3) is 0 Å². The number of rotatable bonds is 8. The van der Waals surface area contributed by atoms with E-state index in [1.54, 1.807) is 0 Å². The first-order chi connectivity index (χ1) is 38.1. The van der Waals surface area contributed by atoms with Crippen LogP contribution in [0, 0.1) is 0 Å². The first-order valence-electron chi connectivity index (χ1n) is 27.0. The molecular weight excluding hydrogens is 949 g/mol. The molecule has 0 amide bonds. The van der Waals surface area contributed by atoms with Crippen LogP contribution in [0.25, 0.3) is 121 Å². The first kappa shape index (κ1) is 45.6. The second-order valence-corrected chi connectivity index (χ2v) is 22.0. The lowest BCUT2D eigenvalue weighted by Crippen LogP contribution is -2.35. The third-order valence-electron chi connectivity index (χ3n) is 17.0. The molecule has 0 aliphatic carbocycles. The van der Waals surface area contributed by atoms with E-state index in [4.69, 9.17) is 11.5 Å². The Morgan fingerprint density at radius 2 is 0.474 bits per heavy atom. The van der Waals surface area contributed by atoms with Gasteiger partial charge in [0.1, 0.15) is 0 Å². The highest BCUT2D eigenvalue weighted by molar-refractivity contribution is 6.15. The Hall–Kier alpha value is -9.78. The van der Waals surface area contributed by atoms with E-state index in [1.165, 1.54) is 43.1 Å². The third kappa shape index (κ3) is 6.25. The summed E-state index contributed by atoms with van der Waals surface area (Å²) < 4.78 is 10.4. The van der Waals surface area contributed by atoms with Crippen molar-refractivity contribution in [1.29, 1.82) is 0 Å². The van der Waals surface area contributed by atoms with Gasteiger partial charge in [0.15, 0.2) is 0 Å². The Bertz CT molecular complexity index is 4560. The van der Waals surface area contributed by atoms with E-state index in [9.17, 15) is 0 Å². The molecule has 0 spiro atoms. The lowest BCUT2D eigenvalue weighted by atomic mass is 9.74. The highest BCUT2D eigenvalue weighted by atomic mass is 15.1. The largest absolute Gasteiger partial charge is 0.398 e. The fourth-order valence-electron chi connectivity index (χ4n) is 13.9. The van der Waals surface area contributed by atoms with Crippen molar-refractivity contribution in [2.75, 3.05) is 11.5 Å². The molecular formula is C72H56N6. The van der Waals surface area contributed by atoms with E-state index in [0.717, 1.165) is 88.9 Å². The van der Waals surface area contributed by atoms with E-state index >= 15 is 0 Å². The molecule has 11 aromatic carbocycles. The van der Waals surface area contributed by atoms with Gasteiger partial charge in [0, 0.05) is 104 Å². The lowest BCUT2D eigenvalue weighted by Gasteiger charge is -2.42. The minimum absolute atomic E-state index is 0.677. The Kier molecular flexibility index (Phi) is 9.86. The summed E-state index contributed by atoms with van der Waals surface area (Å²) in [4.78, 5) is 0. The molecule has 4 N–H and O–H groups in total. The summed E-state index contributed by atoms with van der Waals surface area (Å²) in [5, 5.41) is 9.44. The molecule has 0 aliphatic rings. The molecule has 6 heteroatoms. The number of anilines is 2. The zero-order valence-electron chi connectivity index (χ0n) is 44.0. The van der Waals surface area contributed by atoms with Crippen molar-refractivity contribution in [1.82, 2.24) is 18.3 Å². The van der Waals surface area contributed by atoms with E-state index < -0.39 is 11.1 Å². The van der Waals surface area contributed by atoms with E-state index in [0.29, 0.717) is 11.4 Å². The highest BCUT2D eigenvalue weighted by Crippen LogP contribution is 2.58. The van der Waals surface area contributed by atoms with Crippen molar-refractivity contribution in [2.45, 2.75) is 38.8 Å². The van der Waals surface area contributed by atoms with E-state index in [-0.39, 0.29) is 0 Å². The fourth-order valence-corrected chi connectivity index (χ4v) is 13.9. The summed E-state index contributed by atoms with van der Waals surface area (Å²) in [6.45, 7) is 9.69. The molecule has 0 unspecified atom stereocenters. The van der Waals surface area contributed by atoms with Crippen molar-refractivity contribution in [3.8, 4) is 33.6 Å². The molecule has 15 aromatic rings. The number of benzene rings is 11. The predicted molar refractivity (Wildman–Crippen MR) is 331 cm³/mol. The maximum absolute atomic E-state index is 7.66. The molecule has 0 radical (unpaired) electrons. The Morgan fingerprint density at radius 1 is 0.256 bits per heavy atom. The second kappa shape index (κ2) is 16.9. The number of aromatic nitrogens is 4. The van der Waals surface area contributed by atoms with Crippen molar-refractivity contribution in [2.24, 2.45) is 0 Å². The lowest BCUT2D eigenvalue weighted by molar-refractivity contribution is 0.455. The summed E-state index contributed by atoms with van der Waals surface area (Å²) in [5.41, 5.74) is 32.1. The van der Waals surface area contributed by atoms with Gasteiger partial charge in [0.05, 0.1) is 44.5 Å². The summed E-state index contributed by atoms with van der Waals surface area (Å²) in [6, 6.07) is 88.3. The van der Waals surface area contributed by atoms with Gasteiger partial charge in [0.2, 0.25) is 0 Å². The number of hydrogen-bond donors (Lipinski definition) is 2. The van der Waals surface area contributed by atoms with Crippen LogP contribution in [0.5, 0.6) is 0 Å². The number of para-hydroxylation sites is 10. The number of fused-ring (bicyclic) bond motifs is 12. The molecule has 15 rings (SSSR count). The minimum Gasteiger partial charge on any atom is -0.398 e. The molecule has 0 saturated carbocycles. The number of nitrogens with zero attached hydrogens (tertiary/aromatic N) is 4. The number of nitrogens with two attached hydrogens (primary N) is 2. The van der Waals surface area contributed by atoms with Gasteiger partial charge >= 0.3 is 0 Å². The molecule has 0 aliphatic heterocycles. The summed E-state index contributed by atoms with van der Waals surface area (Å²) in [7, 11) is 0. The second-order valence-electron chi connectivity index (χ2n) is 22.0. The minimum atomic E-state index is -0.863. The maximum Gasteiger partial charge on any atom is 0.0688 e. The zero-order chi connectivity index (χ0) is 52.6. The monoisotopic (exact) mass is 1000 g/mol. The molecule has 0 bridgehead atoms. The van der Waals surface area contributed by atoms with Gasteiger partial charge in [-0.05, 0) is 93.9 Å².